The molecule has 0 unspecified atom stereocenters. The van der Waals surface area contributed by atoms with Crippen LogP contribution < -0.4 is 10.5 Å². The number of nitrogens with zero attached hydrogens (tertiary/aromatic N) is 6. The van der Waals surface area contributed by atoms with Gasteiger partial charge >= 0.3 is 0 Å². The third-order valence-electron chi connectivity index (χ3n) is 6.22. The Labute approximate surface area is 191 Å². The van der Waals surface area contributed by atoms with E-state index < -0.39 is 5.54 Å². The smallest absolute Gasteiger partial charge is 0.164 e. The van der Waals surface area contributed by atoms with E-state index >= 15 is 0 Å². The number of methoxy groups -OCH3 is 1. The Hall–Kier alpha value is -2.93. The van der Waals surface area contributed by atoms with Crippen LogP contribution in [-0.4, -0.2) is 63.1 Å². The first-order valence-electron chi connectivity index (χ1n) is 10.3. The Balaban J connectivity index is 1.91. The van der Waals surface area contributed by atoms with Crippen molar-refractivity contribution in [3.8, 4) is 11.8 Å². The molecule has 2 aromatic heterocycles. The number of aromatic nitrogens is 4. The lowest BCUT2D eigenvalue weighted by Crippen LogP contribution is -2.46. The minimum atomic E-state index is -0.723. The van der Waals surface area contributed by atoms with Crippen molar-refractivity contribution in [3.05, 3.63) is 39.8 Å². The van der Waals surface area contributed by atoms with E-state index in [9.17, 15) is 10.4 Å². The van der Waals surface area contributed by atoms with E-state index in [1.54, 1.807) is 17.9 Å². The monoisotopic (exact) mass is 455 g/mol. The quantitative estimate of drug-likeness (QED) is 0.580. The van der Waals surface area contributed by atoms with Crippen molar-refractivity contribution in [2.45, 2.75) is 32.2 Å². The number of aryl methyl sites for hydroxylation is 1. The molecule has 0 amide bonds. The lowest BCUT2D eigenvalue weighted by atomic mass is 9.82. The molecule has 9 nitrogen and oxygen atoms in total. The zero-order valence-electron chi connectivity index (χ0n) is 18.6. The van der Waals surface area contributed by atoms with Crippen molar-refractivity contribution < 1.29 is 9.84 Å². The average molecular weight is 456 g/mol. The molecule has 0 saturated carbocycles. The highest BCUT2D eigenvalue weighted by Gasteiger charge is 2.38. The van der Waals surface area contributed by atoms with Crippen molar-refractivity contribution in [2.75, 3.05) is 39.1 Å². The molecule has 1 aliphatic rings. The van der Waals surface area contributed by atoms with Gasteiger partial charge in [-0.15, -0.1) is 0 Å². The molecule has 0 spiro atoms. The Morgan fingerprint density at radius 2 is 2.09 bits per heavy atom. The van der Waals surface area contributed by atoms with Crippen LogP contribution in [0.5, 0.6) is 5.75 Å². The van der Waals surface area contributed by atoms with Crippen molar-refractivity contribution in [2.24, 2.45) is 0 Å². The van der Waals surface area contributed by atoms with E-state index in [4.69, 9.17) is 27.2 Å². The summed E-state index contributed by atoms with van der Waals surface area (Å²) in [5.74, 6) is 1.07. The van der Waals surface area contributed by atoms with E-state index in [-0.39, 0.29) is 12.5 Å². The van der Waals surface area contributed by atoms with E-state index in [1.165, 1.54) is 6.33 Å². The molecule has 3 N–H and O–H groups in total. The molecule has 1 fully saturated rings. The lowest BCUT2D eigenvalue weighted by molar-refractivity contribution is 0.114. The SMILES string of the molecule is COc1c(C(C)(C)n2nc(C)c3c(N)ncnc32)cc(Cl)c(C#N)c1C1CN(CCO)C1. The number of nitrogens with two attached hydrogens (primary N) is 1. The first-order valence-corrected chi connectivity index (χ1v) is 10.7. The van der Waals surface area contributed by atoms with Crippen LogP contribution in [0.2, 0.25) is 5.02 Å². The van der Waals surface area contributed by atoms with Gasteiger partial charge in [-0.3, -0.25) is 4.90 Å². The van der Waals surface area contributed by atoms with Crippen LogP contribution in [0.3, 0.4) is 0 Å². The highest BCUT2D eigenvalue weighted by molar-refractivity contribution is 6.32. The van der Waals surface area contributed by atoms with Gasteiger partial charge in [-0.2, -0.15) is 10.4 Å². The Kier molecular flexibility index (Phi) is 5.71. The minimum Gasteiger partial charge on any atom is -0.496 e. The first kappa shape index (κ1) is 22.3. The van der Waals surface area contributed by atoms with Gasteiger partial charge in [0.15, 0.2) is 5.65 Å². The fourth-order valence-corrected chi connectivity index (χ4v) is 4.81. The predicted octanol–water partition coefficient (Wildman–Crippen LogP) is 2.43. The molecule has 0 radical (unpaired) electrons. The number of rotatable bonds is 6. The zero-order chi connectivity index (χ0) is 23.2. The molecule has 32 heavy (non-hydrogen) atoms. The van der Waals surface area contributed by atoms with Crippen molar-refractivity contribution in [1.82, 2.24) is 24.6 Å². The summed E-state index contributed by atoms with van der Waals surface area (Å²) < 4.78 is 7.70. The van der Waals surface area contributed by atoms with Crippen molar-refractivity contribution in [3.63, 3.8) is 0 Å². The summed E-state index contributed by atoms with van der Waals surface area (Å²) in [5, 5.41) is 24.9. The first-order chi connectivity index (χ1) is 15.2. The maximum atomic E-state index is 9.85. The second-order valence-corrected chi connectivity index (χ2v) is 8.94. The van der Waals surface area contributed by atoms with Crippen LogP contribution in [0.1, 0.15) is 42.1 Å². The van der Waals surface area contributed by atoms with Gasteiger partial charge in [-0.25, -0.2) is 14.6 Å². The van der Waals surface area contributed by atoms with Crippen LogP contribution in [-0.2, 0) is 5.54 Å². The number of aliphatic hydroxyl groups is 1. The van der Waals surface area contributed by atoms with Crippen LogP contribution in [0.25, 0.3) is 11.0 Å². The molecule has 3 heterocycles. The van der Waals surface area contributed by atoms with Crippen LogP contribution in [0.15, 0.2) is 12.4 Å². The third kappa shape index (κ3) is 3.35. The molecular weight excluding hydrogens is 430 g/mol. The minimum absolute atomic E-state index is 0.0773. The summed E-state index contributed by atoms with van der Waals surface area (Å²) in [6, 6.07) is 4.03. The summed E-state index contributed by atoms with van der Waals surface area (Å²) in [5.41, 5.74) is 8.71. The standard InChI is InChI=1S/C22H26ClN7O2/c1-12-17-20(25)26-11-27-21(17)30(28-12)22(2,3)15-7-16(23)14(8-24)18(19(15)32-4)13-9-29(10-13)5-6-31/h7,11,13,31H,5-6,9-10H2,1-4H3,(H2,25,26,27). The number of anilines is 1. The summed E-state index contributed by atoms with van der Waals surface area (Å²) in [6.07, 6.45) is 1.42. The Morgan fingerprint density at radius 1 is 1.38 bits per heavy atom. The summed E-state index contributed by atoms with van der Waals surface area (Å²) in [6.45, 7) is 8.00. The van der Waals surface area contributed by atoms with E-state index in [2.05, 4.69) is 20.9 Å². The molecule has 0 bridgehead atoms. The number of ether oxygens (including phenoxy) is 1. The second kappa shape index (κ2) is 8.20. The largest absolute Gasteiger partial charge is 0.496 e. The molecule has 10 heteroatoms. The number of nitriles is 1. The number of fused-ring (bicyclic) bond motifs is 1. The molecule has 3 aromatic rings. The van der Waals surface area contributed by atoms with Gasteiger partial charge in [0.05, 0.1) is 40.9 Å². The predicted molar refractivity (Wildman–Crippen MR) is 122 cm³/mol. The van der Waals surface area contributed by atoms with Gasteiger partial charge < -0.3 is 15.6 Å². The van der Waals surface area contributed by atoms with E-state index in [1.807, 2.05) is 20.8 Å². The number of β-amino-alcohol motifs (C(OH)–C–C–N with tert-alkyl or cyclic N) is 1. The van der Waals surface area contributed by atoms with Gasteiger partial charge in [-0.1, -0.05) is 11.6 Å². The van der Waals surface area contributed by atoms with Gasteiger partial charge in [0.1, 0.15) is 24.0 Å². The third-order valence-corrected chi connectivity index (χ3v) is 6.52. The van der Waals surface area contributed by atoms with Crippen molar-refractivity contribution in [1.29, 1.82) is 5.26 Å². The summed E-state index contributed by atoms with van der Waals surface area (Å²) in [4.78, 5) is 10.7. The average Bonchev–Trinajstić information content (AvgIpc) is 3.08. The van der Waals surface area contributed by atoms with Gasteiger partial charge in [0.2, 0.25) is 0 Å². The fourth-order valence-electron chi connectivity index (χ4n) is 4.55. The van der Waals surface area contributed by atoms with Gasteiger partial charge in [0, 0.05) is 36.7 Å². The second-order valence-electron chi connectivity index (χ2n) is 8.53. The molecule has 1 saturated heterocycles. The number of halogens is 1. The number of benzene rings is 1. The van der Waals surface area contributed by atoms with Gasteiger partial charge in [-0.05, 0) is 26.8 Å². The molecular formula is C22H26ClN7O2. The Bertz CT molecular complexity index is 1230. The Morgan fingerprint density at radius 3 is 2.72 bits per heavy atom. The summed E-state index contributed by atoms with van der Waals surface area (Å²) in [7, 11) is 1.60. The molecule has 0 atom stereocenters. The zero-order valence-corrected chi connectivity index (χ0v) is 19.3. The maximum Gasteiger partial charge on any atom is 0.164 e. The number of hydrogen-bond acceptors (Lipinski definition) is 8. The molecule has 0 aliphatic carbocycles. The molecule has 1 aromatic carbocycles. The molecule has 168 valence electrons. The number of aliphatic hydroxyl groups excluding tert-OH is 1. The van der Waals surface area contributed by atoms with Gasteiger partial charge in [0.25, 0.3) is 0 Å². The lowest BCUT2D eigenvalue weighted by Gasteiger charge is -2.41. The molecule has 4 rings (SSSR count). The summed E-state index contributed by atoms with van der Waals surface area (Å²) >= 11 is 6.62. The van der Waals surface area contributed by atoms with Crippen LogP contribution in [0, 0.1) is 18.3 Å². The van der Waals surface area contributed by atoms with E-state index in [0.29, 0.717) is 39.7 Å². The molecule has 1 aliphatic heterocycles. The number of nitrogen functional groups attached to an aromatic ring is 1. The topological polar surface area (TPSA) is 126 Å². The normalized spacial score (nSPS) is 15.0. The maximum absolute atomic E-state index is 9.85. The van der Waals surface area contributed by atoms with Crippen molar-refractivity contribution >= 4 is 28.5 Å². The van der Waals surface area contributed by atoms with E-state index in [0.717, 1.165) is 29.9 Å². The number of likely N-dealkylation sites (tertiary alicyclic amines) is 1. The highest BCUT2D eigenvalue weighted by atomic mass is 35.5. The van der Waals surface area contributed by atoms with Crippen LogP contribution >= 0.6 is 11.6 Å². The van der Waals surface area contributed by atoms with Crippen LogP contribution in [0.4, 0.5) is 5.82 Å². The fraction of sp³-hybridized carbons (Fsp3) is 0.455. The number of hydrogen-bond donors (Lipinski definition) is 2. The highest BCUT2D eigenvalue weighted by Crippen LogP contribution is 2.45.